The summed E-state index contributed by atoms with van der Waals surface area (Å²) in [6.45, 7) is 0. The van der Waals surface area contributed by atoms with E-state index >= 15 is 0 Å². The summed E-state index contributed by atoms with van der Waals surface area (Å²) < 4.78 is 0.606. The first-order valence-corrected chi connectivity index (χ1v) is 4.49. The minimum Gasteiger partial charge on any atom is -0.618 e. The minimum atomic E-state index is -0.558. The zero-order valence-electron chi connectivity index (χ0n) is 7.80. The molecule has 1 aliphatic rings. The molecular weight excluding hydrogens is 200 g/mol. The highest BCUT2D eigenvalue weighted by atomic mass is 16.6. The molecule has 0 amide bonds. The van der Waals surface area contributed by atoms with Gasteiger partial charge in [0, 0.05) is 19.3 Å². The van der Waals surface area contributed by atoms with Gasteiger partial charge in [0.25, 0.3) is 5.69 Å². The number of Topliss-reactive ketones (excluding diaryl/α,β-unsaturated/α-hetero) is 1. The Morgan fingerprint density at radius 1 is 1.40 bits per heavy atom. The molecule has 0 unspecified atom stereocenters. The Morgan fingerprint density at radius 2 is 2.13 bits per heavy atom. The number of rotatable bonds is 1. The number of pyridine rings is 1. The Kier molecular flexibility index (Phi) is 2.11. The normalized spacial score (nSPS) is 14.8. The maximum atomic E-state index is 11.3. The van der Waals surface area contributed by atoms with E-state index in [2.05, 4.69) is 0 Å². The monoisotopic (exact) mass is 208 g/mol. The average Bonchev–Trinajstić information content (AvgIpc) is 2.17. The van der Waals surface area contributed by atoms with Crippen molar-refractivity contribution in [2.24, 2.45) is 0 Å². The van der Waals surface area contributed by atoms with Crippen LogP contribution in [0.1, 0.15) is 17.7 Å². The minimum absolute atomic E-state index is 0.00523. The lowest BCUT2D eigenvalue weighted by atomic mass is 9.94. The van der Waals surface area contributed by atoms with Gasteiger partial charge in [-0.05, 0) is 0 Å². The fourth-order valence-corrected chi connectivity index (χ4v) is 1.78. The zero-order chi connectivity index (χ0) is 11.0. The largest absolute Gasteiger partial charge is 0.618 e. The molecule has 6 heteroatoms. The molecule has 2 rings (SSSR count). The van der Waals surface area contributed by atoms with Crippen molar-refractivity contribution < 1.29 is 14.4 Å². The highest BCUT2D eigenvalue weighted by molar-refractivity contribution is 5.83. The summed E-state index contributed by atoms with van der Waals surface area (Å²) in [5, 5.41) is 22.0. The summed E-state index contributed by atoms with van der Waals surface area (Å²) in [6, 6.07) is 1.14. The van der Waals surface area contributed by atoms with Crippen molar-refractivity contribution in [1.29, 1.82) is 0 Å². The molecule has 0 aliphatic heterocycles. The topological polar surface area (TPSA) is 87.1 Å². The van der Waals surface area contributed by atoms with Crippen molar-refractivity contribution >= 4 is 11.5 Å². The number of hydrogen-bond donors (Lipinski definition) is 0. The fourth-order valence-electron chi connectivity index (χ4n) is 1.78. The van der Waals surface area contributed by atoms with Gasteiger partial charge in [-0.3, -0.25) is 14.9 Å². The second-order valence-corrected chi connectivity index (χ2v) is 3.42. The van der Waals surface area contributed by atoms with Crippen LogP contribution in [-0.2, 0) is 17.6 Å². The van der Waals surface area contributed by atoms with E-state index in [0.29, 0.717) is 16.8 Å². The lowest BCUT2D eigenvalue weighted by Crippen LogP contribution is -2.36. The molecule has 0 fully saturated rings. The first kappa shape index (κ1) is 9.57. The first-order chi connectivity index (χ1) is 7.09. The molecule has 78 valence electrons. The third kappa shape index (κ3) is 1.54. The third-order valence-corrected chi connectivity index (χ3v) is 2.50. The van der Waals surface area contributed by atoms with E-state index in [1.54, 1.807) is 0 Å². The number of carbonyl (C=O) groups is 1. The van der Waals surface area contributed by atoms with Gasteiger partial charge in [-0.15, -0.1) is 0 Å². The Morgan fingerprint density at radius 3 is 2.80 bits per heavy atom. The predicted molar refractivity (Wildman–Crippen MR) is 49.1 cm³/mol. The van der Waals surface area contributed by atoms with E-state index in [1.807, 2.05) is 0 Å². The molecule has 0 bridgehead atoms. The number of nitro groups is 1. The van der Waals surface area contributed by atoms with Crippen molar-refractivity contribution in [2.45, 2.75) is 19.3 Å². The Bertz CT molecular complexity index is 456. The van der Waals surface area contributed by atoms with Crippen LogP contribution < -0.4 is 4.73 Å². The molecule has 1 aromatic heterocycles. The van der Waals surface area contributed by atoms with Gasteiger partial charge in [0.2, 0.25) is 5.69 Å². The molecule has 1 heterocycles. The van der Waals surface area contributed by atoms with Gasteiger partial charge in [0.15, 0.2) is 6.20 Å². The quantitative estimate of drug-likeness (QED) is 0.287. The van der Waals surface area contributed by atoms with Crippen molar-refractivity contribution in [3.63, 3.8) is 0 Å². The molecule has 0 saturated heterocycles. The standard InChI is InChI=1S/C9H8N2O4/c12-6-1-2-8-7(5-6)9(11(14)15)3-4-10(8)13/h3-4H,1-2,5H2. The highest BCUT2D eigenvalue weighted by Gasteiger charge is 2.30. The fraction of sp³-hybridized carbons (Fsp3) is 0.333. The molecule has 0 radical (unpaired) electrons. The molecule has 1 aliphatic carbocycles. The number of hydrogen-bond acceptors (Lipinski definition) is 4. The van der Waals surface area contributed by atoms with Gasteiger partial charge in [0.1, 0.15) is 11.3 Å². The maximum Gasteiger partial charge on any atom is 0.285 e. The van der Waals surface area contributed by atoms with E-state index < -0.39 is 4.92 Å². The van der Waals surface area contributed by atoms with E-state index in [-0.39, 0.29) is 29.9 Å². The van der Waals surface area contributed by atoms with Gasteiger partial charge in [-0.25, -0.2) is 0 Å². The number of carbonyl (C=O) groups excluding carboxylic acids is 1. The molecule has 0 saturated carbocycles. The van der Waals surface area contributed by atoms with Crippen LogP contribution >= 0.6 is 0 Å². The molecule has 15 heavy (non-hydrogen) atoms. The third-order valence-electron chi connectivity index (χ3n) is 2.50. The van der Waals surface area contributed by atoms with Crippen molar-refractivity contribution in [3.8, 4) is 0 Å². The van der Waals surface area contributed by atoms with Crippen LogP contribution in [0.5, 0.6) is 0 Å². The maximum absolute atomic E-state index is 11.3. The Hall–Kier alpha value is -1.98. The van der Waals surface area contributed by atoms with Crippen LogP contribution in [-0.4, -0.2) is 10.7 Å². The molecule has 0 aromatic carbocycles. The predicted octanol–water partition coefficient (Wildman–Crippen LogP) is 0.286. The number of nitrogens with zero attached hydrogens (tertiary/aromatic N) is 2. The van der Waals surface area contributed by atoms with Gasteiger partial charge in [-0.1, -0.05) is 0 Å². The lowest BCUT2D eigenvalue weighted by molar-refractivity contribution is -0.615. The Labute approximate surface area is 84.9 Å². The number of fused-ring (bicyclic) bond motifs is 1. The van der Waals surface area contributed by atoms with Gasteiger partial charge in [-0.2, -0.15) is 4.73 Å². The van der Waals surface area contributed by atoms with E-state index in [1.165, 1.54) is 0 Å². The number of ketones is 1. The molecular formula is C9H8N2O4. The summed E-state index contributed by atoms with van der Waals surface area (Å²) in [4.78, 5) is 21.3. The van der Waals surface area contributed by atoms with E-state index in [0.717, 1.165) is 12.3 Å². The Balaban J connectivity index is 2.61. The van der Waals surface area contributed by atoms with Crippen LogP contribution in [0.4, 0.5) is 5.69 Å². The van der Waals surface area contributed by atoms with Crippen molar-refractivity contribution in [1.82, 2.24) is 0 Å². The summed E-state index contributed by atoms with van der Waals surface area (Å²) >= 11 is 0. The summed E-state index contributed by atoms with van der Waals surface area (Å²) in [5.74, 6) is -0.0585. The highest BCUT2D eigenvalue weighted by Crippen LogP contribution is 2.25. The van der Waals surface area contributed by atoms with Gasteiger partial charge >= 0.3 is 0 Å². The molecule has 0 atom stereocenters. The molecule has 6 nitrogen and oxygen atoms in total. The second kappa shape index (κ2) is 3.30. The number of aromatic nitrogens is 1. The molecule has 1 aromatic rings. The summed E-state index contributed by atoms with van der Waals surface area (Å²) in [5.41, 5.74) is 0.489. The summed E-state index contributed by atoms with van der Waals surface area (Å²) in [6.07, 6.45) is 1.69. The van der Waals surface area contributed by atoms with Crippen LogP contribution in [0.25, 0.3) is 0 Å². The van der Waals surface area contributed by atoms with E-state index in [4.69, 9.17) is 0 Å². The molecule has 0 N–H and O–H groups in total. The first-order valence-electron chi connectivity index (χ1n) is 4.49. The summed E-state index contributed by atoms with van der Waals surface area (Å²) in [7, 11) is 0. The van der Waals surface area contributed by atoms with Crippen LogP contribution in [0.2, 0.25) is 0 Å². The van der Waals surface area contributed by atoms with Crippen LogP contribution in [0.15, 0.2) is 12.3 Å². The van der Waals surface area contributed by atoms with Gasteiger partial charge in [0.05, 0.1) is 11.0 Å². The van der Waals surface area contributed by atoms with Crippen LogP contribution in [0.3, 0.4) is 0 Å². The van der Waals surface area contributed by atoms with Crippen molar-refractivity contribution in [3.05, 3.63) is 38.8 Å². The average molecular weight is 208 g/mol. The zero-order valence-corrected chi connectivity index (χ0v) is 7.80. The lowest BCUT2D eigenvalue weighted by Gasteiger charge is -2.13. The van der Waals surface area contributed by atoms with Gasteiger partial charge < -0.3 is 5.21 Å². The second-order valence-electron chi connectivity index (χ2n) is 3.42. The van der Waals surface area contributed by atoms with Crippen LogP contribution in [0, 0.1) is 15.3 Å². The SMILES string of the molecule is O=C1CCc2c(c([N+](=O)[O-])cc[n+]2[O-])C1. The molecule has 0 spiro atoms. The van der Waals surface area contributed by atoms with E-state index in [9.17, 15) is 20.1 Å². The smallest absolute Gasteiger partial charge is 0.285 e. The van der Waals surface area contributed by atoms with Crippen molar-refractivity contribution in [2.75, 3.05) is 0 Å².